The highest BCUT2D eigenvalue weighted by Crippen LogP contribution is 2.38. The van der Waals surface area contributed by atoms with Crippen molar-refractivity contribution in [2.24, 2.45) is 5.92 Å². The molecule has 0 saturated carbocycles. The molecule has 3 aliphatic heterocycles. The predicted octanol–water partition coefficient (Wildman–Crippen LogP) is 3.54. The van der Waals surface area contributed by atoms with Crippen LogP contribution in [0, 0.1) is 12.8 Å². The predicted molar refractivity (Wildman–Crippen MR) is 122 cm³/mol. The fraction of sp³-hybridized carbons (Fsp3) is 0.458. The number of nitrogens with one attached hydrogen (secondary N) is 1. The van der Waals surface area contributed by atoms with E-state index < -0.39 is 5.54 Å². The van der Waals surface area contributed by atoms with Gasteiger partial charge in [0.15, 0.2) is 11.5 Å². The number of ether oxygens (including phenoxy) is 2. The van der Waals surface area contributed by atoms with Crippen LogP contribution in [0.2, 0.25) is 0 Å². The number of imide groups is 1. The van der Waals surface area contributed by atoms with Crippen molar-refractivity contribution in [2.75, 3.05) is 19.9 Å². The van der Waals surface area contributed by atoms with Crippen molar-refractivity contribution in [2.45, 2.75) is 45.2 Å². The van der Waals surface area contributed by atoms with Crippen LogP contribution in [-0.2, 0) is 11.3 Å². The Hall–Kier alpha value is -3.07. The molecule has 33 heavy (non-hydrogen) atoms. The van der Waals surface area contributed by atoms with Gasteiger partial charge in [0.05, 0.1) is 11.4 Å². The Morgan fingerprint density at radius 3 is 2.61 bits per heavy atom. The van der Waals surface area contributed by atoms with Crippen LogP contribution >= 0.6 is 11.3 Å². The number of hydrogen-bond acceptors (Lipinski definition) is 6. The molecule has 1 N–H and O–H groups in total. The lowest BCUT2D eigenvalue weighted by Crippen LogP contribution is -2.56. The summed E-state index contributed by atoms with van der Waals surface area (Å²) in [5.74, 6) is 1.13. The van der Waals surface area contributed by atoms with Crippen LogP contribution in [0.15, 0.2) is 30.3 Å². The van der Waals surface area contributed by atoms with E-state index in [1.807, 2.05) is 43.0 Å². The van der Waals surface area contributed by atoms with Crippen LogP contribution in [0.25, 0.3) is 0 Å². The van der Waals surface area contributed by atoms with Gasteiger partial charge in [-0.2, -0.15) is 0 Å². The summed E-state index contributed by atoms with van der Waals surface area (Å²) in [6, 6.07) is 8.91. The maximum Gasteiger partial charge on any atom is 0.325 e. The van der Waals surface area contributed by atoms with Crippen LogP contribution in [0.1, 0.15) is 46.3 Å². The van der Waals surface area contributed by atoms with E-state index in [0.29, 0.717) is 43.9 Å². The lowest BCUT2D eigenvalue weighted by atomic mass is 9.75. The molecule has 9 heteroatoms. The lowest BCUT2D eigenvalue weighted by Gasteiger charge is -2.40. The van der Waals surface area contributed by atoms with Gasteiger partial charge in [-0.15, -0.1) is 11.3 Å². The van der Waals surface area contributed by atoms with Crippen molar-refractivity contribution in [3.05, 3.63) is 45.6 Å². The maximum absolute atomic E-state index is 13.6. The monoisotopic (exact) mass is 469 g/mol. The van der Waals surface area contributed by atoms with Gasteiger partial charge < -0.3 is 19.7 Å². The molecular weight excluding hydrogens is 442 g/mol. The van der Waals surface area contributed by atoms with E-state index in [4.69, 9.17) is 9.47 Å². The fourth-order valence-corrected chi connectivity index (χ4v) is 5.93. The van der Waals surface area contributed by atoms with E-state index in [2.05, 4.69) is 5.32 Å². The van der Waals surface area contributed by atoms with Crippen LogP contribution in [0.3, 0.4) is 0 Å². The van der Waals surface area contributed by atoms with Gasteiger partial charge in [0.1, 0.15) is 5.54 Å². The third-order valence-electron chi connectivity index (χ3n) is 6.97. The van der Waals surface area contributed by atoms with Gasteiger partial charge in [-0.1, -0.05) is 13.0 Å². The summed E-state index contributed by atoms with van der Waals surface area (Å²) in [4.78, 5) is 44.3. The SMILES string of the molecule is CCC1(C2CCN(C(=O)c3ccc(C)s3)CC2)NC(=O)N(Cc2ccc3c(c2)OCO3)C1=O. The smallest absolute Gasteiger partial charge is 0.325 e. The Kier molecular flexibility index (Phi) is 5.52. The molecule has 2 aromatic rings. The summed E-state index contributed by atoms with van der Waals surface area (Å²) in [6.45, 7) is 5.43. The molecule has 0 bridgehead atoms. The number of carbonyl (C=O) groups excluding carboxylic acids is 3. The van der Waals surface area contributed by atoms with Crippen molar-refractivity contribution in [1.29, 1.82) is 0 Å². The number of piperidine rings is 1. The fourth-order valence-electron chi connectivity index (χ4n) is 5.10. The number of fused-ring (bicyclic) bond motifs is 1. The van der Waals surface area contributed by atoms with E-state index in [-0.39, 0.29) is 37.1 Å². The second-order valence-corrected chi connectivity index (χ2v) is 10.1. The van der Waals surface area contributed by atoms with Crippen molar-refractivity contribution >= 4 is 29.2 Å². The van der Waals surface area contributed by atoms with Crippen LogP contribution in [0.4, 0.5) is 4.79 Å². The Bertz CT molecular complexity index is 1110. The van der Waals surface area contributed by atoms with Crippen molar-refractivity contribution in [1.82, 2.24) is 15.1 Å². The quantitative estimate of drug-likeness (QED) is 0.677. The van der Waals surface area contributed by atoms with E-state index in [0.717, 1.165) is 15.3 Å². The minimum Gasteiger partial charge on any atom is -0.454 e. The molecule has 1 atom stereocenters. The number of carbonyl (C=O) groups is 3. The van der Waals surface area contributed by atoms with Crippen molar-refractivity contribution in [3.63, 3.8) is 0 Å². The molecular formula is C24H27N3O5S. The zero-order chi connectivity index (χ0) is 23.2. The minimum atomic E-state index is -0.928. The molecule has 3 aliphatic rings. The molecule has 174 valence electrons. The van der Waals surface area contributed by atoms with Crippen LogP contribution in [-0.4, -0.2) is 53.1 Å². The summed E-state index contributed by atoms with van der Waals surface area (Å²) in [6.07, 6.45) is 1.86. The number of aryl methyl sites for hydroxylation is 1. The number of hydrogen-bond donors (Lipinski definition) is 1. The van der Waals surface area contributed by atoms with Gasteiger partial charge in [0.25, 0.3) is 11.8 Å². The van der Waals surface area contributed by atoms with Crippen molar-refractivity contribution in [3.8, 4) is 11.5 Å². The van der Waals surface area contributed by atoms with Crippen LogP contribution < -0.4 is 14.8 Å². The summed E-state index contributed by atoms with van der Waals surface area (Å²) < 4.78 is 10.8. The molecule has 2 fully saturated rings. The first-order chi connectivity index (χ1) is 15.9. The largest absolute Gasteiger partial charge is 0.454 e. The van der Waals surface area contributed by atoms with Gasteiger partial charge in [-0.3, -0.25) is 14.5 Å². The number of likely N-dealkylation sites (tertiary alicyclic amines) is 1. The second kappa shape index (κ2) is 8.37. The molecule has 1 aromatic carbocycles. The zero-order valence-corrected chi connectivity index (χ0v) is 19.6. The van der Waals surface area contributed by atoms with E-state index in [9.17, 15) is 14.4 Å². The second-order valence-electron chi connectivity index (χ2n) is 8.81. The average molecular weight is 470 g/mol. The Morgan fingerprint density at radius 1 is 1.15 bits per heavy atom. The molecule has 0 spiro atoms. The number of benzene rings is 1. The molecule has 4 amide bonds. The maximum atomic E-state index is 13.6. The molecule has 5 rings (SSSR count). The highest BCUT2D eigenvalue weighted by molar-refractivity contribution is 7.13. The van der Waals surface area contributed by atoms with Gasteiger partial charge in [-0.05, 0) is 61.9 Å². The molecule has 1 aromatic heterocycles. The minimum absolute atomic E-state index is 0.0187. The van der Waals surface area contributed by atoms with E-state index >= 15 is 0 Å². The Labute approximate surface area is 196 Å². The third-order valence-corrected chi connectivity index (χ3v) is 7.96. The summed E-state index contributed by atoms with van der Waals surface area (Å²) in [5.41, 5.74) is -0.122. The first-order valence-electron chi connectivity index (χ1n) is 11.3. The number of rotatable bonds is 5. The van der Waals surface area contributed by atoms with Gasteiger partial charge in [0, 0.05) is 18.0 Å². The molecule has 0 radical (unpaired) electrons. The Morgan fingerprint density at radius 2 is 1.91 bits per heavy atom. The summed E-state index contributed by atoms with van der Waals surface area (Å²) in [5, 5.41) is 3.02. The lowest BCUT2D eigenvalue weighted by molar-refractivity contribution is -0.134. The summed E-state index contributed by atoms with van der Waals surface area (Å²) in [7, 11) is 0. The average Bonchev–Trinajstić information content (AvgIpc) is 3.53. The van der Waals surface area contributed by atoms with E-state index in [1.54, 1.807) is 6.07 Å². The first kappa shape index (κ1) is 21.8. The Balaban J connectivity index is 1.28. The third kappa shape index (κ3) is 3.74. The molecule has 8 nitrogen and oxygen atoms in total. The zero-order valence-electron chi connectivity index (χ0n) is 18.8. The number of thiophene rings is 1. The van der Waals surface area contributed by atoms with Crippen molar-refractivity contribution < 1.29 is 23.9 Å². The molecule has 2 saturated heterocycles. The highest BCUT2D eigenvalue weighted by Gasteiger charge is 2.55. The summed E-state index contributed by atoms with van der Waals surface area (Å²) >= 11 is 1.50. The van der Waals surface area contributed by atoms with Crippen LogP contribution in [0.5, 0.6) is 11.5 Å². The van der Waals surface area contributed by atoms with Gasteiger partial charge >= 0.3 is 6.03 Å². The number of nitrogens with zero attached hydrogens (tertiary/aromatic N) is 2. The first-order valence-corrected chi connectivity index (χ1v) is 12.1. The topological polar surface area (TPSA) is 88.2 Å². The molecule has 1 unspecified atom stereocenters. The molecule has 0 aliphatic carbocycles. The van der Waals surface area contributed by atoms with Gasteiger partial charge in [0.2, 0.25) is 6.79 Å². The number of amides is 4. The number of urea groups is 1. The normalized spacial score (nSPS) is 22.7. The molecule has 4 heterocycles. The van der Waals surface area contributed by atoms with Gasteiger partial charge in [-0.25, -0.2) is 4.79 Å². The highest BCUT2D eigenvalue weighted by atomic mass is 32.1. The van der Waals surface area contributed by atoms with E-state index in [1.165, 1.54) is 16.2 Å². The standard InChI is InChI=1S/C24H27N3O5S/c1-3-24(17-8-10-26(11-9-17)21(28)20-7-4-15(2)33-20)22(29)27(23(30)25-24)13-16-5-6-18-19(12-16)32-14-31-18/h4-7,12,17H,3,8-11,13-14H2,1-2H3,(H,25,30).